The SMILES string of the molecule is COc1ccc(S(=O)(=O)Nc2cccc(C(=O)N=c3sc4ccccc4n3C)c2)cc1. The number of fused-ring (bicyclic) bond motifs is 1. The van der Waals surface area contributed by atoms with Crippen LogP contribution in [0, 0.1) is 0 Å². The Bertz CT molecular complexity index is 1440. The Morgan fingerprint density at radius 2 is 1.77 bits per heavy atom. The van der Waals surface area contributed by atoms with Crippen LogP contribution in [0.3, 0.4) is 0 Å². The maximum absolute atomic E-state index is 12.7. The minimum absolute atomic E-state index is 0.0898. The maximum atomic E-state index is 12.7. The lowest BCUT2D eigenvalue weighted by molar-refractivity contribution is 0.0998. The van der Waals surface area contributed by atoms with Crippen LogP contribution in [0.25, 0.3) is 10.2 Å². The summed E-state index contributed by atoms with van der Waals surface area (Å²) in [5.41, 5.74) is 1.55. The molecule has 3 aromatic carbocycles. The quantitative estimate of drug-likeness (QED) is 0.498. The summed E-state index contributed by atoms with van der Waals surface area (Å²) < 4.78 is 35.7. The second-order valence-corrected chi connectivity index (χ2v) is 9.38. The van der Waals surface area contributed by atoms with Gasteiger partial charge >= 0.3 is 0 Å². The number of methoxy groups -OCH3 is 1. The third-order valence-electron chi connectivity index (χ3n) is 4.64. The first-order valence-corrected chi connectivity index (χ1v) is 11.6. The number of carbonyl (C=O) groups excluding carboxylic acids is 1. The zero-order chi connectivity index (χ0) is 22.0. The van der Waals surface area contributed by atoms with Crippen molar-refractivity contribution in [2.75, 3.05) is 11.8 Å². The highest BCUT2D eigenvalue weighted by Gasteiger charge is 2.15. The fourth-order valence-corrected chi connectivity index (χ4v) is 5.09. The van der Waals surface area contributed by atoms with Crippen LogP contribution in [-0.4, -0.2) is 26.0 Å². The van der Waals surface area contributed by atoms with Crippen molar-refractivity contribution in [2.45, 2.75) is 4.90 Å². The standard InChI is InChI=1S/C22H19N3O4S2/c1-25-19-8-3-4-9-20(19)30-22(25)23-21(26)15-6-5-7-16(14-15)24-31(27,28)18-12-10-17(29-2)11-13-18/h3-14,24H,1-2H3. The number of anilines is 1. The van der Waals surface area contributed by atoms with E-state index in [1.807, 2.05) is 35.9 Å². The number of para-hydroxylation sites is 1. The van der Waals surface area contributed by atoms with Gasteiger partial charge in [0, 0.05) is 18.3 Å². The van der Waals surface area contributed by atoms with Gasteiger partial charge in [-0.1, -0.05) is 29.5 Å². The number of hydrogen-bond acceptors (Lipinski definition) is 5. The van der Waals surface area contributed by atoms with E-state index in [4.69, 9.17) is 4.74 Å². The summed E-state index contributed by atoms with van der Waals surface area (Å²) in [7, 11) is -0.454. The molecule has 1 N–H and O–H groups in total. The fourth-order valence-electron chi connectivity index (χ4n) is 3.02. The first-order chi connectivity index (χ1) is 14.9. The lowest BCUT2D eigenvalue weighted by Crippen LogP contribution is -2.14. The van der Waals surface area contributed by atoms with E-state index in [1.165, 1.54) is 36.6 Å². The average Bonchev–Trinajstić information content (AvgIpc) is 3.09. The van der Waals surface area contributed by atoms with Crippen molar-refractivity contribution in [1.82, 2.24) is 4.57 Å². The number of aryl methyl sites for hydroxylation is 1. The number of rotatable bonds is 5. The molecule has 1 heterocycles. The van der Waals surface area contributed by atoms with Gasteiger partial charge in [-0.05, 0) is 54.6 Å². The van der Waals surface area contributed by atoms with Gasteiger partial charge < -0.3 is 9.30 Å². The monoisotopic (exact) mass is 453 g/mol. The number of amides is 1. The molecule has 0 aliphatic rings. The summed E-state index contributed by atoms with van der Waals surface area (Å²) in [6.07, 6.45) is 0. The number of aromatic nitrogens is 1. The molecule has 4 aromatic rings. The zero-order valence-corrected chi connectivity index (χ0v) is 18.4. The second kappa shape index (κ2) is 8.37. The van der Waals surface area contributed by atoms with Gasteiger partial charge in [0.25, 0.3) is 15.9 Å². The van der Waals surface area contributed by atoms with Crippen molar-refractivity contribution in [3.8, 4) is 5.75 Å². The molecule has 0 radical (unpaired) electrons. The highest BCUT2D eigenvalue weighted by molar-refractivity contribution is 7.92. The molecule has 0 fully saturated rings. The van der Waals surface area contributed by atoms with E-state index >= 15 is 0 Å². The van der Waals surface area contributed by atoms with E-state index in [1.54, 1.807) is 30.3 Å². The molecule has 1 amide bonds. The second-order valence-electron chi connectivity index (χ2n) is 6.69. The number of benzene rings is 3. The molecule has 0 aliphatic heterocycles. The highest BCUT2D eigenvalue weighted by Crippen LogP contribution is 2.20. The van der Waals surface area contributed by atoms with Gasteiger partial charge in [-0.3, -0.25) is 9.52 Å². The minimum Gasteiger partial charge on any atom is -0.497 e. The smallest absolute Gasteiger partial charge is 0.279 e. The van der Waals surface area contributed by atoms with Crippen LogP contribution >= 0.6 is 11.3 Å². The Labute approximate surface area is 183 Å². The third-order valence-corrected chi connectivity index (χ3v) is 7.15. The Morgan fingerprint density at radius 1 is 1.03 bits per heavy atom. The van der Waals surface area contributed by atoms with E-state index in [0.29, 0.717) is 10.6 Å². The van der Waals surface area contributed by atoms with Gasteiger partial charge in [-0.15, -0.1) is 0 Å². The number of carbonyl (C=O) groups is 1. The van der Waals surface area contributed by atoms with E-state index in [9.17, 15) is 13.2 Å². The van der Waals surface area contributed by atoms with Crippen molar-refractivity contribution in [3.05, 3.63) is 83.2 Å². The van der Waals surface area contributed by atoms with Crippen LogP contribution in [0.15, 0.2) is 82.7 Å². The summed E-state index contributed by atoms with van der Waals surface area (Å²) in [5.74, 6) is 0.107. The average molecular weight is 454 g/mol. The van der Waals surface area contributed by atoms with Gasteiger partial charge in [-0.2, -0.15) is 4.99 Å². The molecule has 0 spiro atoms. The van der Waals surface area contributed by atoms with E-state index in [2.05, 4.69) is 9.71 Å². The summed E-state index contributed by atoms with van der Waals surface area (Å²) in [6, 6.07) is 20.1. The number of thiazole rings is 1. The van der Waals surface area contributed by atoms with Crippen molar-refractivity contribution in [3.63, 3.8) is 0 Å². The first-order valence-electron chi connectivity index (χ1n) is 9.28. The Morgan fingerprint density at radius 3 is 2.48 bits per heavy atom. The molecule has 1 aromatic heterocycles. The lowest BCUT2D eigenvalue weighted by atomic mass is 10.2. The predicted octanol–water partition coefficient (Wildman–Crippen LogP) is 3.79. The zero-order valence-electron chi connectivity index (χ0n) is 16.8. The van der Waals surface area contributed by atoms with Crippen LogP contribution < -0.4 is 14.3 Å². The van der Waals surface area contributed by atoms with Gasteiger partial charge in [0.15, 0.2) is 4.80 Å². The topological polar surface area (TPSA) is 89.8 Å². The predicted molar refractivity (Wildman–Crippen MR) is 121 cm³/mol. The van der Waals surface area contributed by atoms with Crippen LogP contribution in [0.2, 0.25) is 0 Å². The van der Waals surface area contributed by atoms with Crippen LogP contribution in [-0.2, 0) is 17.1 Å². The normalized spacial score (nSPS) is 12.1. The highest BCUT2D eigenvalue weighted by atomic mass is 32.2. The van der Waals surface area contributed by atoms with Gasteiger partial charge in [-0.25, -0.2) is 8.42 Å². The van der Waals surface area contributed by atoms with Crippen molar-refractivity contribution >= 4 is 43.2 Å². The molecule has 0 aliphatic carbocycles. The van der Waals surface area contributed by atoms with Crippen LogP contribution in [0.4, 0.5) is 5.69 Å². The van der Waals surface area contributed by atoms with Gasteiger partial charge in [0.1, 0.15) is 5.75 Å². The minimum atomic E-state index is -3.81. The molecule has 7 nitrogen and oxygen atoms in total. The number of nitrogens with one attached hydrogen (secondary N) is 1. The van der Waals surface area contributed by atoms with E-state index in [-0.39, 0.29) is 16.1 Å². The Kier molecular flexibility index (Phi) is 5.62. The van der Waals surface area contributed by atoms with Gasteiger partial charge in [0.05, 0.1) is 22.2 Å². The molecular weight excluding hydrogens is 434 g/mol. The first kappa shape index (κ1) is 20.8. The third kappa shape index (κ3) is 4.37. The van der Waals surface area contributed by atoms with E-state index < -0.39 is 15.9 Å². The fraction of sp³-hybridized carbons (Fsp3) is 0.0909. The van der Waals surface area contributed by atoms with Gasteiger partial charge in [0.2, 0.25) is 0 Å². The summed E-state index contributed by atoms with van der Waals surface area (Å²) >= 11 is 1.42. The molecule has 0 saturated heterocycles. The molecule has 0 unspecified atom stereocenters. The molecule has 0 saturated carbocycles. The molecule has 4 rings (SSSR count). The molecule has 0 bridgehead atoms. The van der Waals surface area contributed by atoms with Crippen molar-refractivity contribution < 1.29 is 17.9 Å². The maximum Gasteiger partial charge on any atom is 0.279 e. The number of ether oxygens (including phenoxy) is 1. The Balaban J connectivity index is 1.61. The Hall–Kier alpha value is -3.43. The molecule has 9 heteroatoms. The summed E-state index contributed by atoms with van der Waals surface area (Å²) in [6.45, 7) is 0. The molecule has 0 atom stereocenters. The number of sulfonamides is 1. The van der Waals surface area contributed by atoms with Crippen LogP contribution in [0.5, 0.6) is 5.75 Å². The summed E-state index contributed by atoms with van der Waals surface area (Å²) in [4.78, 5) is 17.6. The van der Waals surface area contributed by atoms with Crippen LogP contribution in [0.1, 0.15) is 10.4 Å². The summed E-state index contributed by atoms with van der Waals surface area (Å²) in [5, 5.41) is 0. The lowest BCUT2D eigenvalue weighted by Gasteiger charge is -2.09. The largest absolute Gasteiger partial charge is 0.497 e. The number of nitrogens with zero attached hydrogens (tertiary/aromatic N) is 2. The molecule has 31 heavy (non-hydrogen) atoms. The molecular formula is C22H19N3O4S2. The number of hydrogen-bond donors (Lipinski definition) is 1. The molecule has 158 valence electrons. The van der Waals surface area contributed by atoms with Crippen molar-refractivity contribution in [1.29, 1.82) is 0 Å². The van der Waals surface area contributed by atoms with Crippen molar-refractivity contribution in [2.24, 2.45) is 12.0 Å². The van der Waals surface area contributed by atoms with E-state index in [0.717, 1.165) is 10.2 Å².